The molecule has 1 fully saturated rings. The van der Waals surface area contributed by atoms with Crippen LogP contribution >= 0.6 is 0 Å². The van der Waals surface area contributed by atoms with Crippen molar-refractivity contribution < 1.29 is 0 Å². The number of aliphatic imine (C=N–C) groups is 1. The van der Waals surface area contributed by atoms with Gasteiger partial charge >= 0.3 is 0 Å². The van der Waals surface area contributed by atoms with E-state index in [1.807, 2.05) is 18.5 Å². The maximum absolute atomic E-state index is 4.72. The Bertz CT molecular complexity index is 413. The van der Waals surface area contributed by atoms with Crippen molar-refractivity contribution >= 4 is 5.96 Å². The van der Waals surface area contributed by atoms with Gasteiger partial charge in [-0.1, -0.05) is 6.07 Å². The highest BCUT2D eigenvalue weighted by Crippen LogP contribution is 2.10. The van der Waals surface area contributed by atoms with Crippen LogP contribution in [0.25, 0.3) is 0 Å². The summed E-state index contributed by atoms with van der Waals surface area (Å²) in [6.45, 7) is 7.51. The van der Waals surface area contributed by atoms with Crippen LogP contribution in [0.1, 0.15) is 25.8 Å². The maximum Gasteiger partial charge on any atom is 0.196 e. The standard InChI is InChI=1S/C15H24N4/c1-13(2)17-15-18(3)10-11-19(15)9-5-7-14-6-4-8-16-12-14/h4,6,8,12-13H,5,7,9-11H2,1-3H3. The number of likely N-dealkylation sites (N-methyl/N-ethyl adjacent to an activating group) is 1. The zero-order chi connectivity index (χ0) is 13.7. The molecule has 104 valence electrons. The van der Waals surface area contributed by atoms with Crippen molar-refractivity contribution in [3.8, 4) is 0 Å². The lowest BCUT2D eigenvalue weighted by Crippen LogP contribution is -2.33. The smallest absolute Gasteiger partial charge is 0.196 e. The molecule has 19 heavy (non-hydrogen) atoms. The van der Waals surface area contributed by atoms with Crippen LogP contribution in [0.3, 0.4) is 0 Å². The van der Waals surface area contributed by atoms with E-state index in [0.29, 0.717) is 6.04 Å². The fraction of sp³-hybridized carbons (Fsp3) is 0.600. The molecule has 1 saturated heterocycles. The van der Waals surface area contributed by atoms with Crippen LogP contribution in [-0.2, 0) is 6.42 Å². The van der Waals surface area contributed by atoms with Gasteiger partial charge in [-0.2, -0.15) is 0 Å². The molecule has 0 unspecified atom stereocenters. The highest BCUT2D eigenvalue weighted by Gasteiger charge is 2.22. The van der Waals surface area contributed by atoms with Gasteiger partial charge in [-0.05, 0) is 38.3 Å². The summed E-state index contributed by atoms with van der Waals surface area (Å²) < 4.78 is 0. The summed E-state index contributed by atoms with van der Waals surface area (Å²) in [6.07, 6.45) is 6.02. The van der Waals surface area contributed by atoms with E-state index in [9.17, 15) is 0 Å². The van der Waals surface area contributed by atoms with Crippen molar-refractivity contribution in [2.75, 3.05) is 26.7 Å². The molecule has 0 aromatic carbocycles. The zero-order valence-corrected chi connectivity index (χ0v) is 12.2. The van der Waals surface area contributed by atoms with Gasteiger partial charge in [0.2, 0.25) is 0 Å². The Balaban J connectivity index is 1.85. The molecular formula is C15H24N4. The molecule has 0 N–H and O–H groups in total. The lowest BCUT2D eigenvalue weighted by molar-refractivity contribution is 0.447. The first-order valence-electron chi connectivity index (χ1n) is 7.09. The van der Waals surface area contributed by atoms with E-state index < -0.39 is 0 Å². The summed E-state index contributed by atoms with van der Waals surface area (Å²) in [6, 6.07) is 4.51. The summed E-state index contributed by atoms with van der Waals surface area (Å²) >= 11 is 0. The molecule has 0 amide bonds. The van der Waals surface area contributed by atoms with Crippen molar-refractivity contribution in [3.63, 3.8) is 0 Å². The van der Waals surface area contributed by atoms with Crippen LogP contribution in [0.15, 0.2) is 29.5 Å². The Morgan fingerprint density at radius 2 is 2.21 bits per heavy atom. The molecule has 0 radical (unpaired) electrons. The summed E-state index contributed by atoms with van der Waals surface area (Å²) in [4.78, 5) is 13.5. The van der Waals surface area contributed by atoms with E-state index in [1.165, 1.54) is 5.56 Å². The average Bonchev–Trinajstić information content (AvgIpc) is 2.72. The van der Waals surface area contributed by atoms with Gasteiger partial charge in [0.05, 0.1) is 0 Å². The number of aryl methyl sites for hydroxylation is 1. The topological polar surface area (TPSA) is 31.7 Å². The van der Waals surface area contributed by atoms with Gasteiger partial charge in [-0.3, -0.25) is 9.98 Å². The molecular weight excluding hydrogens is 236 g/mol. The molecule has 2 rings (SSSR count). The van der Waals surface area contributed by atoms with Crippen molar-refractivity contribution in [1.29, 1.82) is 0 Å². The number of aromatic nitrogens is 1. The highest BCUT2D eigenvalue weighted by atomic mass is 15.4. The second-order valence-corrected chi connectivity index (χ2v) is 5.40. The molecule has 0 aliphatic carbocycles. The lowest BCUT2D eigenvalue weighted by Gasteiger charge is -2.21. The second-order valence-electron chi connectivity index (χ2n) is 5.40. The molecule has 0 saturated carbocycles. The normalized spacial score (nSPS) is 17.8. The SMILES string of the molecule is CC(C)N=C1N(C)CCN1CCCc1cccnc1. The monoisotopic (exact) mass is 260 g/mol. The van der Waals surface area contributed by atoms with Crippen LogP contribution in [0, 0.1) is 0 Å². The fourth-order valence-electron chi connectivity index (χ4n) is 2.36. The molecule has 0 atom stereocenters. The predicted octanol–water partition coefficient (Wildman–Crippen LogP) is 2.03. The van der Waals surface area contributed by atoms with Gasteiger partial charge in [0.15, 0.2) is 5.96 Å². The number of hydrogen-bond donors (Lipinski definition) is 0. The first-order valence-corrected chi connectivity index (χ1v) is 7.09. The van der Waals surface area contributed by atoms with Gasteiger partial charge in [-0.25, -0.2) is 0 Å². The van der Waals surface area contributed by atoms with E-state index in [1.54, 1.807) is 0 Å². The van der Waals surface area contributed by atoms with Crippen molar-refractivity contribution in [2.45, 2.75) is 32.7 Å². The minimum Gasteiger partial charge on any atom is -0.344 e. The van der Waals surface area contributed by atoms with Crippen molar-refractivity contribution in [1.82, 2.24) is 14.8 Å². The number of guanidine groups is 1. The number of pyridine rings is 1. The van der Waals surface area contributed by atoms with E-state index >= 15 is 0 Å². The van der Waals surface area contributed by atoms with Crippen molar-refractivity contribution in [2.24, 2.45) is 4.99 Å². The minimum absolute atomic E-state index is 0.358. The van der Waals surface area contributed by atoms with E-state index in [4.69, 9.17) is 4.99 Å². The molecule has 1 aromatic heterocycles. The van der Waals surface area contributed by atoms with Crippen LogP contribution in [0.5, 0.6) is 0 Å². The van der Waals surface area contributed by atoms with Crippen LogP contribution < -0.4 is 0 Å². The van der Waals surface area contributed by atoms with Crippen LogP contribution in [-0.4, -0.2) is 53.5 Å². The first-order chi connectivity index (χ1) is 9.16. The molecule has 4 nitrogen and oxygen atoms in total. The summed E-state index contributed by atoms with van der Waals surface area (Å²) in [5, 5.41) is 0. The first kappa shape index (κ1) is 13.8. The Kier molecular flexibility index (Phi) is 4.77. The quantitative estimate of drug-likeness (QED) is 0.812. The van der Waals surface area contributed by atoms with Crippen LogP contribution in [0.4, 0.5) is 0 Å². The third-order valence-electron chi connectivity index (χ3n) is 3.32. The maximum atomic E-state index is 4.72. The summed E-state index contributed by atoms with van der Waals surface area (Å²) in [5.74, 6) is 1.15. The van der Waals surface area contributed by atoms with E-state index in [-0.39, 0.29) is 0 Å². The molecule has 2 heterocycles. The highest BCUT2D eigenvalue weighted by molar-refractivity contribution is 5.81. The second kappa shape index (κ2) is 6.55. The Morgan fingerprint density at radius 1 is 1.37 bits per heavy atom. The number of nitrogens with zero attached hydrogens (tertiary/aromatic N) is 4. The number of rotatable bonds is 5. The van der Waals surface area contributed by atoms with Gasteiger partial charge in [-0.15, -0.1) is 0 Å². The van der Waals surface area contributed by atoms with E-state index in [0.717, 1.165) is 38.4 Å². The molecule has 4 heteroatoms. The third kappa shape index (κ3) is 3.94. The number of hydrogen-bond acceptors (Lipinski definition) is 2. The average molecular weight is 260 g/mol. The van der Waals surface area contributed by atoms with Gasteiger partial charge in [0.1, 0.15) is 0 Å². The third-order valence-corrected chi connectivity index (χ3v) is 3.32. The molecule has 1 aliphatic rings. The zero-order valence-electron chi connectivity index (χ0n) is 12.2. The summed E-state index contributed by atoms with van der Waals surface area (Å²) in [5.41, 5.74) is 1.32. The van der Waals surface area contributed by atoms with Crippen LogP contribution in [0.2, 0.25) is 0 Å². The molecule has 1 aliphatic heterocycles. The molecule has 1 aromatic rings. The van der Waals surface area contributed by atoms with Gasteiger partial charge in [0, 0.05) is 45.1 Å². The Morgan fingerprint density at radius 3 is 2.89 bits per heavy atom. The summed E-state index contributed by atoms with van der Waals surface area (Å²) in [7, 11) is 2.13. The molecule has 0 spiro atoms. The largest absolute Gasteiger partial charge is 0.344 e. The minimum atomic E-state index is 0.358. The lowest BCUT2D eigenvalue weighted by atomic mass is 10.1. The van der Waals surface area contributed by atoms with Crippen molar-refractivity contribution in [3.05, 3.63) is 30.1 Å². The van der Waals surface area contributed by atoms with E-state index in [2.05, 4.69) is 41.7 Å². The van der Waals surface area contributed by atoms with Gasteiger partial charge in [0.25, 0.3) is 0 Å². The fourth-order valence-corrected chi connectivity index (χ4v) is 2.36. The molecule has 0 bridgehead atoms. The van der Waals surface area contributed by atoms with Gasteiger partial charge < -0.3 is 9.80 Å². The Hall–Kier alpha value is -1.58. The predicted molar refractivity (Wildman–Crippen MR) is 79.3 cm³/mol. The Labute approximate surface area is 116 Å².